The lowest BCUT2D eigenvalue weighted by atomic mass is 10.3. The van der Waals surface area contributed by atoms with E-state index >= 15 is 0 Å². The van der Waals surface area contributed by atoms with Crippen molar-refractivity contribution in [1.82, 2.24) is 0 Å². The molecule has 0 heterocycles. The monoisotopic (exact) mass is 247 g/mol. The van der Waals surface area contributed by atoms with Crippen LogP contribution >= 0.6 is 15.9 Å². The van der Waals surface area contributed by atoms with E-state index in [-0.39, 0.29) is 5.82 Å². The Morgan fingerprint density at radius 2 is 2.31 bits per heavy atom. The van der Waals surface area contributed by atoms with Gasteiger partial charge in [-0.05, 0) is 35.0 Å². The molecule has 1 aromatic carbocycles. The summed E-state index contributed by atoms with van der Waals surface area (Å²) in [6.07, 6.45) is -0.494. The number of rotatable bonds is 3. The maximum atomic E-state index is 13.1. The minimum absolute atomic E-state index is 0.324. The van der Waals surface area contributed by atoms with E-state index in [0.717, 1.165) is 0 Å². The third-order valence-electron chi connectivity index (χ3n) is 1.54. The van der Waals surface area contributed by atoms with Crippen molar-refractivity contribution in [3.05, 3.63) is 28.5 Å². The smallest absolute Gasteiger partial charge is 0.147 e. The summed E-state index contributed by atoms with van der Waals surface area (Å²) in [4.78, 5) is 0. The molecule has 0 aliphatic heterocycles. The predicted molar refractivity (Wildman–Crippen MR) is 54.3 cm³/mol. The van der Waals surface area contributed by atoms with Crippen molar-refractivity contribution in [2.45, 2.75) is 13.0 Å². The molecule has 1 rings (SSSR count). The standard InChI is InChI=1S/C9H11BrFNO/c1-6(13)5-12-9-7(10)3-2-4-8(9)11/h2-4,6,12-13H,5H2,1H3/t6-/m1/s1. The van der Waals surface area contributed by atoms with Crippen LogP contribution in [0.5, 0.6) is 0 Å². The first kappa shape index (κ1) is 10.5. The van der Waals surface area contributed by atoms with Crippen LogP contribution in [0.25, 0.3) is 0 Å². The molecule has 0 saturated heterocycles. The fourth-order valence-electron chi connectivity index (χ4n) is 0.916. The molecule has 0 unspecified atom stereocenters. The van der Waals surface area contributed by atoms with Crippen molar-refractivity contribution in [3.63, 3.8) is 0 Å². The van der Waals surface area contributed by atoms with Gasteiger partial charge in [-0.25, -0.2) is 4.39 Å². The molecule has 72 valence electrons. The van der Waals surface area contributed by atoms with Crippen molar-refractivity contribution in [3.8, 4) is 0 Å². The largest absolute Gasteiger partial charge is 0.392 e. The lowest BCUT2D eigenvalue weighted by Gasteiger charge is -2.10. The van der Waals surface area contributed by atoms with Crippen LogP contribution in [-0.4, -0.2) is 17.8 Å². The van der Waals surface area contributed by atoms with E-state index < -0.39 is 6.10 Å². The summed E-state index contributed by atoms with van der Waals surface area (Å²) in [6, 6.07) is 4.73. The van der Waals surface area contributed by atoms with Gasteiger partial charge in [0.25, 0.3) is 0 Å². The molecule has 0 aliphatic carbocycles. The first-order valence-electron chi connectivity index (χ1n) is 3.97. The fourth-order valence-corrected chi connectivity index (χ4v) is 1.40. The Labute approximate surface area is 84.9 Å². The van der Waals surface area contributed by atoms with E-state index in [1.54, 1.807) is 19.1 Å². The first-order chi connectivity index (χ1) is 6.11. The lowest BCUT2D eigenvalue weighted by Crippen LogP contribution is -2.16. The number of aliphatic hydroxyl groups excluding tert-OH is 1. The van der Waals surface area contributed by atoms with Crippen LogP contribution in [0.3, 0.4) is 0 Å². The van der Waals surface area contributed by atoms with Gasteiger partial charge < -0.3 is 10.4 Å². The zero-order chi connectivity index (χ0) is 9.84. The highest BCUT2D eigenvalue weighted by Crippen LogP contribution is 2.24. The lowest BCUT2D eigenvalue weighted by molar-refractivity contribution is 0.208. The van der Waals surface area contributed by atoms with Crippen molar-refractivity contribution in [2.75, 3.05) is 11.9 Å². The van der Waals surface area contributed by atoms with Gasteiger partial charge in [0.1, 0.15) is 5.82 Å². The summed E-state index contributed by atoms with van der Waals surface area (Å²) in [5, 5.41) is 11.8. The third kappa shape index (κ3) is 2.97. The summed E-state index contributed by atoms with van der Waals surface area (Å²) in [5.74, 6) is -0.324. The van der Waals surface area contributed by atoms with Gasteiger partial charge in [-0.15, -0.1) is 0 Å². The van der Waals surface area contributed by atoms with Gasteiger partial charge in [0, 0.05) is 11.0 Å². The number of hydrogen-bond acceptors (Lipinski definition) is 2. The maximum Gasteiger partial charge on any atom is 0.147 e. The Morgan fingerprint density at radius 1 is 1.62 bits per heavy atom. The molecule has 0 saturated carbocycles. The quantitative estimate of drug-likeness (QED) is 0.860. The normalized spacial score (nSPS) is 12.6. The zero-order valence-electron chi connectivity index (χ0n) is 7.22. The molecule has 0 radical (unpaired) electrons. The number of aliphatic hydroxyl groups is 1. The second-order valence-electron chi connectivity index (χ2n) is 2.83. The molecule has 0 bridgehead atoms. The molecule has 0 spiro atoms. The van der Waals surface area contributed by atoms with Crippen LogP contribution < -0.4 is 5.32 Å². The Kier molecular flexibility index (Phi) is 3.69. The number of halogens is 2. The van der Waals surface area contributed by atoms with E-state index in [0.29, 0.717) is 16.7 Å². The number of para-hydroxylation sites is 1. The molecule has 0 amide bonds. The molecule has 0 aliphatic rings. The molecule has 1 aromatic rings. The van der Waals surface area contributed by atoms with E-state index in [9.17, 15) is 4.39 Å². The zero-order valence-corrected chi connectivity index (χ0v) is 8.81. The molecular formula is C9H11BrFNO. The van der Waals surface area contributed by atoms with Crippen LogP contribution in [0.4, 0.5) is 10.1 Å². The molecule has 4 heteroatoms. The highest BCUT2D eigenvalue weighted by atomic mass is 79.9. The highest BCUT2D eigenvalue weighted by Gasteiger charge is 2.05. The topological polar surface area (TPSA) is 32.3 Å². The molecular weight excluding hydrogens is 237 g/mol. The molecule has 2 N–H and O–H groups in total. The average Bonchev–Trinajstić information content (AvgIpc) is 2.03. The van der Waals surface area contributed by atoms with Crippen LogP contribution in [0.15, 0.2) is 22.7 Å². The Morgan fingerprint density at radius 3 is 2.85 bits per heavy atom. The van der Waals surface area contributed by atoms with Crippen LogP contribution in [-0.2, 0) is 0 Å². The summed E-state index contributed by atoms with van der Waals surface area (Å²) >= 11 is 3.21. The van der Waals surface area contributed by atoms with Crippen molar-refractivity contribution < 1.29 is 9.50 Å². The second kappa shape index (κ2) is 4.58. The third-order valence-corrected chi connectivity index (χ3v) is 2.20. The number of nitrogens with one attached hydrogen (secondary N) is 1. The van der Waals surface area contributed by atoms with Gasteiger partial charge in [0.15, 0.2) is 0 Å². The average molecular weight is 248 g/mol. The summed E-state index contributed by atoms with van der Waals surface area (Å²) in [6.45, 7) is 1.97. The maximum absolute atomic E-state index is 13.1. The van der Waals surface area contributed by atoms with Crippen LogP contribution in [0.1, 0.15) is 6.92 Å². The first-order valence-corrected chi connectivity index (χ1v) is 4.76. The number of anilines is 1. The summed E-state index contributed by atoms with van der Waals surface area (Å²) in [7, 11) is 0. The summed E-state index contributed by atoms with van der Waals surface area (Å²) in [5.41, 5.74) is 0.392. The molecule has 0 aromatic heterocycles. The van der Waals surface area contributed by atoms with E-state index in [2.05, 4.69) is 21.2 Å². The molecule has 13 heavy (non-hydrogen) atoms. The van der Waals surface area contributed by atoms with Crippen LogP contribution in [0, 0.1) is 5.82 Å². The van der Waals surface area contributed by atoms with E-state index in [1.165, 1.54) is 6.07 Å². The molecule has 1 atom stereocenters. The Balaban J connectivity index is 2.75. The van der Waals surface area contributed by atoms with E-state index in [4.69, 9.17) is 5.11 Å². The van der Waals surface area contributed by atoms with Gasteiger partial charge in [-0.3, -0.25) is 0 Å². The van der Waals surface area contributed by atoms with Crippen molar-refractivity contribution >= 4 is 21.6 Å². The van der Waals surface area contributed by atoms with Crippen molar-refractivity contribution in [2.24, 2.45) is 0 Å². The second-order valence-corrected chi connectivity index (χ2v) is 3.68. The molecule has 2 nitrogen and oxygen atoms in total. The Bertz CT molecular complexity index is 271. The SMILES string of the molecule is C[C@@H](O)CNc1c(F)cccc1Br. The predicted octanol–water partition coefficient (Wildman–Crippen LogP) is 2.38. The van der Waals surface area contributed by atoms with Gasteiger partial charge in [0.05, 0.1) is 11.8 Å². The minimum atomic E-state index is -0.494. The summed E-state index contributed by atoms with van der Waals surface area (Å²) < 4.78 is 13.8. The van der Waals surface area contributed by atoms with E-state index in [1.807, 2.05) is 0 Å². The number of benzene rings is 1. The molecule has 0 fully saturated rings. The van der Waals surface area contributed by atoms with Gasteiger partial charge in [-0.1, -0.05) is 6.07 Å². The number of hydrogen-bond donors (Lipinski definition) is 2. The van der Waals surface area contributed by atoms with Gasteiger partial charge in [-0.2, -0.15) is 0 Å². The van der Waals surface area contributed by atoms with Gasteiger partial charge >= 0.3 is 0 Å². The van der Waals surface area contributed by atoms with Gasteiger partial charge in [0.2, 0.25) is 0 Å². The minimum Gasteiger partial charge on any atom is -0.392 e. The van der Waals surface area contributed by atoms with Crippen molar-refractivity contribution in [1.29, 1.82) is 0 Å². The fraction of sp³-hybridized carbons (Fsp3) is 0.333. The van der Waals surface area contributed by atoms with Crippen LogP contribution in [0.2, 0.25) is 0 Å². The Hall–Kier alpha value is -0.610. The highest BCUT2D eigenvalue weighted by molar-refractivity contribution is 9.10.